The number of hydrogen-bond acceptors (Lipinski definition) is 3. The van der Waals surface area contributed by atoms with E-state index in [0.717, 1.165) is 11.6 Å². The molecule has 2 N–H and O–H groups in total. The van der Waals surface area contributed by atoms with Gasteiger partial charge in [0.15, 0.2) is 0 Å². The molecule has 0 fully saturated rings. The van der Waals surface area contributed by atoms with Gasteiger partial charge in [-0.1, -0.05) is 29.8 Å². The summed E-state index contributed by atoms with van der Waals surface area (Å²) in [6.45, 7) is 1.76. The smallest absolute Gasteiger partial charge is 0.328 e. The number of urea groups is 1. The average molecular weight is 311 g/mol. The van der Waals surface area contributed by atoms with Crippen molar-refractivity contribution in [2.45, 2.75) is 13.0 Å². The van der Waals surface area contributed by atoms with Crippen LogP contribution in [0.3, 0.4) is 0 Å². The van der Waals surface area contributed by atoms with Crippen LogP contribution in [0.2, 0.25) is 5.02 Å². The first-order valence-corrected chi connectivity index (χ1v) is 6.44. The molecule has 0 heterocycles. The summed E-state index contributed by atoms with van der Waals surface area (Å²) in [5.74, 6) is -2.07. The van der Waals surface area contributed by atoms with E-state index in [1.54, 1.807) is 31.2 Å². The monoisotopic (exact) mass is 310 g/mol. The van der Waals surface area contributed by atoms with Crippen LogP contribution in [0.4, 0.5) is 4.79 Å². The van der Waals surface area contributed by atoms with Crippen LogP contribution in [0.15, 0.2) is 36.4 Å². The molecule has 0 saturated heterocycles. The summed E-state index contributed by atoms with van der Waals surface area (Å²) in [7, 11) is 1.51. The quantitative estimate of drug-likeness (QED) is 0.835. The number of halogens is 1. The Balaban J connectivity index is 2.72. The van der Waals surface area contributed by atoms with Gasteiger partial charge in [0, 0.05) is 24.2 Å². The molecule has 0 aliphatic carbocycles. The number of carbonyl (C=O) groups excluding carboxylic acids is 2. The van der Waals surface area contributed by atoms with Crippen molar-refractivity contribution in [3.05, 3.63) is 47.0 Å². The van der Waals surface area contributed by atoms with Crippen molar-refractivity contribution in [3.8, 4) is 0 Å². The molecule has 0 radical (unpaired) electrons. The molecule has 7 heteroatoms. The summed E-state index contributed by atoms with van der Waals surface area (Å²) >= 11 is 6.06. The number of benzene rings is 1. The zero-order valence-electron chi connectivity index (χ0n) is 11.5. The minimum absolute atomic E-state index is 0.352. The van der Waals surface area contributed by atoms with E-state index < -0.39 is 17.9 Å². The average Bonchev–Trinajstić information content (AvgIpc) is 2.44. The molecule has 0 aliphatic rings. The number of carboxylic acid groups (broad SMARTS) is 1. The fourth-order valence-electron chi connectivity index (χ4n) is 1.58. The van der Waals surface area contributed by atoms with Gasteiger partial charge in [-0.15, -0.1) is 0 Å². The Morgan fingerprint density at radius 1 is 1.29 bits per heavy atom. The fourth-order valence-corrected chi connectivity index (χ4v) is 1.87. The molecular formula is C14H15ClN2O4. The number of rotatable bonds is 4. The van der Waals surface area contributed by atoms with Crippen molar-refractivity contribution >= 4 is 29.5 Å². The van der Waals surface area contributed by atoms with Crippen molar-refractivity contribution in [2.24, 2.45) is 0 Å². The molecule has 0 saturated carbocycles. The number of amides is 3. The van der Waals surface area contributed by atoms with Gasteiger partial charge < -0.3 is 10.0 Å². The summed E-state index contributed by atoms with van der Waals surface area (Å²) in [6.07, 6.45) is 1.42. The van der Waals surface area contributed by atoms with E-state index in [-0.39, 0.29) is 6.04 Å². The lowest BCUT2D eigenvalue weighted by molar-refractivity contribution is -0.131. The third kappa shape index (κ3) is 4.92. The van der Waals surface area contributed by atoms with Crippen LogP contribution in [-0.4, -0.2) is 35.0 Å². The maximum Gasteiger partial charge on any atom is 0.328 e. The summed E-state index contributed by atoms with van der Waals surface area (Å²) < 4.78 is 0. The highest BCUT2D eigenvalue weighted by Gasteiger charge is 2.20. The number of carboxylic acids is 1. The predicted molar refractivity (Wildman–Crippen MR) is 77.9 cm³/mol. The second kappa shape index (κ2) is 7.44. The van der Waals surface area contributed by atoms with Crippen molar-refractivity contribution in [1.29, 1.82) is 0 Å². The molecule has 0 spiro atoms. The maximum absolute atomic E-state index is 11.9. The maximum atomic E-state index is 11.9. The summed E-state index contributed by atoms with van der Waals surface area (Å²) in [5, 5.41) is 11.0. The van der Waals surface area contributed by atoms with Crippen LogP contribution < -0.4 is 5.32 Å². The van der Waals surface area contributed by atoms with E-state index in [1.807, 2.05) is 0 Å². The molecule has 112 valence electrons. The summed E-state index contributed by atoms with van der Waals surface area (Å²) in [6, 6.07) is 6.06. The Morgan fingerprint density at radius 2 is 1.90 bits per heavy atom. The largest absolute Gasteiger partial charge is 0.478 e. The molecule has 1 aromatic carbocycles. The number of imide groups is 1. The van der Waals surface area contributed by atoms with Crippen molar-refractivity contribution in [3.63, 3.8) is 0 Å². The SMILES string of the molecule is CC(c1ccccc1Cl)N(C)C(=O)NC(=O)C=CC(=O)O. The van der Waals surface area contributed by atoms with Crippen LogP contribution in [0.25, 0.3) is 0 Å². The lowest BCUT2D eigenvalue weighted by Crippen LogP contribution is -2.41. The second-order valence-corrected chi connectivity index (χ2v) is 4.68. The van der Waals surface area contributed by atoms with Crippen molar-refractivity contribution < 1.29 is 19.5 Å². The van der Waals surface area contributed by atoms with Gasteiger partial charge in [0.2, 0.25) is 0 Å². The predicted octanol–water partition coefficient (Wildman–Crippen LogP) is 2.21. The van der Waals surface area contributed by atoms with Gasteiger partial charge in [0.25, 0.3) is 5.91 Å². The molecule has 6 nitrogen and oxygen atoms in total. The number of aliphatic carboxylic acids is 1. The van der Waals surface area contributed by atoms with E-state index >= 15 is 0 Å². The minimum atomic E-state index is -1.27. The van der Waals surface area contributed by atoms with Crippen molar-refractivity contribution in [2.75, 3.05) is 7.05 Å². The molecule has 21 heavy (non-hydrogen) atoms. The highest BCUT2D eigenvalue weighted by molar-refractivity contribution is 6.31. The van der Waals surface area contributed by atoms with E-state index in [4.69, 9.17) is 16.7 Å². The molecule has 1 aromatic rings. The third-order valence-corrected chi connectivity index (χ3v) is 3.21. The number of hydrogen-bond donors (Lipinski definition) is 2. The Morgan fingerprint density at radius 3 is 2.48 bits per heavy atom. The first-order chi connectivity index (χ1) is 9.82. The first-order valence-electron chi connectivity index (χ1n) is 6.06. The third-order valence-electron chi connectivity index (χ3n) is 2.86. The lowest BCUT2D eigenvalue weighted by Gasteiger charge is -2.25. The molecule has 1 rings (SSSR count). The van der Waals surface area contributed by atoms with Gasteiger partial charge in [0.1, 0.15) is 0 Å². The van der Waals surface area contributed by atoms with E-state index in [9.17, 15) is 14.4 Å². The van der Waals surface area contributed by atoms with Crippen LogP contribution >= 0.6 is 11.6 Å². The Labute approximate surface area is 127 Å². The van der Waals surface area contributed by atoms with Gasteiger partial charge in [0.05, 0.1) is 6.04 Å². The number of carbonyl (C=O) groups is 3. The van der Waals surface area contributed by atoms with Crippen LogP contribution in [0.1, 0.15) is 18.5 Å². The Hall–Kier alpha value is -2.34. The van der Waals surface area contributed by atoms with Gasteiger partial charge >= 0.3 is 12.0 Å². The summed E-state index contributed by atoms with van der Waals surface area (Å²) in [5.41, 5.74) is 0.741. The Kier molecular flexibility index (Phi) is 5.92. The number of nitrogens with one attached hydrogen (secondary N) is 1. The van der Waals surface area contributed by atoms with Crippen molar-refractivity contribution in [1.82, 2.24) is 10.2 Å². The zero-order chi connectivity index (χ0) is 16.0. The Bertz CT molecular complexity index is 586. The molecule has 0 aliphatic heterocycles. The minimum Gasteiger partial charge on any atom is -0.478 e. The van der Waals surface area contributed by atoms with Crippen LogP contribution in [0.5, 0.6) is 0 Å². The zero-order valence-corrected chi connectivity index (χ0v) is 12.3. The topological polar surface area (TPSA) is 86.7 Å². The van der Waals surface area contributed by atoms with Crippen LogP contribution in [0, 0.1) is 0 Å². The second-order valence-electron chi connectivity index (χ2n) is 4.27. The first kappa shape index (κ1) is 16.7. The fraction of sp³-hybridized carbons (Fsp3) is 0.214. The van der Waals surface area contributed by atoms with Gasteiger partial charge in [-0.25, -0.2) is 9.59 Å². The van der Waals surface area contributed by atoms with Gasteiger partial charge in [-0.3, -0.25) is 10.1 Å². The van der Waals surface area contributed by atoms with Crippen LogP contribution in [-0.2, 0) is 9.59 Å². The molecule has 0 aromatic heterocycles. The standard InChI is InChI=1S/C14H15ClN2O4/c1-9(10-5-3-4-6-11(10)15)17(2)14(21)16-12(18)7-8-13(19)20/h3-9H,1-2H3,(H,19,20)(H,16,18,21). The highest BCUT2D eigenvalue weighted by Crippen LogP contribution is 2.25. The van der Waals surface area contributed by atoms with E-state index in [2.05, 4.69) is 5.32 Å². The van der Waals surface area contributed by atoms with E-state index in [0.29, 0.717) is 11.1 Å². The molecule has 1 atom stereocenters. The van der Waals surface area contributed by atoms with Gasteiger partial charge in [-0.2, -0.15) is 0 Å². The van der Waals surface area contributed by atoms with E-state index in [1.165, 1.54) is 11.9 Å². The lowest BCUT2D eigenvalue weighted by atomic mass is 10.1. The van der Waals surface area contributed by atoms with Gasteiger partial charge in [-0.05, 0) is 18.6 Å². The molecule has 3 amide bonds. The molecular weight excluding hydrogens is 296 g/mol. The highest BCUT2D eigenvalue weighted by atomic mass is 35.5. The normalized spacial score (nSPS) is 12.0. The summed E-state index contributed by atoms with van der Waals surface area (Å²) in [4.78, 5) is 34.8. The molecule has 0 bridgehead atoms. The number of nitrogens with zero attached hydrogens (tertiary/aromatic N) is 1. The molecule has 1 unspecified atom stereocenters.